The minimum Gasteiger partial charge on any atom is -0.453 e. The number of hydrogen-bond acceptors (Lipinski definition) is 10. The number of rotatable bonds is 10. The van der Waals surface area contributed by atoms with Gasteiger partial charge in [-0.1, -0.05) is 64.1 Å². The predicted molar refractivity (Wildman–Crippen MR) is 243 cm³/mol. The molecule has 3 aromatic heterocycles. The number of alkyl carbamates (subject to hydrolysis) is 2. The van der Waals surface area contributed by atoms with Crippen molar-refractivity contribution in [3.8, 4) is 22.5 Å². The monoisotopic (exact) mass is 864 g/mol. The molecule has 0 radical (unpaired) electrons. The number of para-hydroxylation sites is 2. The molecule has 16 heteroatoms. The van der Waals surface area contributed by atoms with E-state index >= 15 is 0 Å². The Morgan fingerprint density at radius 2 is 1.05 bits per heavy atom. The molecule has 4 aromatic carbocycles. The van der Waals surface area contributed by atoms with Crippen LogP contribution >= 0.6 is 0 Å². The van der Waals surface area contributed by atoms with Gasteiger partial charge in [0.25, 0.3) is 0 Å². The molecule has 2 aliphatic heterocycles. The number of fused-ring (bicyclic) bond motifs is 7. The lowest BCUT2D eigenvalue weighted by Gasteiger charge is -2.30. The zero-order valence-corrected chi connectivity index (χ0v) is 36.8. The zero-order valence-electron chi connectivity index (χ0n) is 36.8. The molecular weight excluding hydrogens is 813 g/mol. The minimum absolute atomic E-state index is 0.136. The van der Waals surface area contributed by atoms with Crippen molar-refractivity contribution in [2.75, 3.05) is 27.3 Å². The fourth-order valence-electron chi connectivity index (χ4n) is 9.35. The standard InChI is InChI=1S/C48H52N10O6/c1-25(2)39(55-47(61)63-5)45(59)57-19-9-13-37(57)43-49-23-35(53-43)27-15-17-29-30-18-16-28(22-32(30)42-41(31(29)21-27)51-33-11-7-8-12-34(33)52-42)36-24-50-44(54-36)38-14-10-20-58(38)46(60)40(26(3)4)56-48(62)64-6/h7-8,11-12,15-18,21-26,37-40H,9-10,13-14,19-20H2,1-6H3,(H,49,53)(H,50,54)(H,55,61)(H,56,62)/t37-,38-,39-,40-/m0/s1. The second-order valence-electron chi connectivity index (χ2n) is 17.4. The highest BCUT2D eigenvalue weighted by atomic mass is 16.5. The maximum atomic E-state index is 13.8. The minimum atomic E-state index is -0.724. The Morgan fingerprint density at radius 1 is 0.625 bits per heavy atom. The van der Waals surface area contributed by atoms with Crippen LogP contribution in [0.25, 0.3) is 66.1 Å². The molecule has 0 bridgehead atoms. The summed E-state index contributed by atoms with van der Waals surface area (Å²) in [5.41, 5.74) is 6.51. The number of H-pyrrole nitrogens is 2. The van der Waals surface area contributed by atoms with E-state index in [4.69, 9.17) is 29.4 Å². The highest BCUT2D eigenvalue weighted by molar-refractivity contribution is 6.24. The van der Waals surface area contributed by atoms with Gasteiger partial charge in [0.2, 0.25) is 11.8 Å². The summed E-state index contributed by atoms with van der Waals surface area (Å²) in [5, 5.41) is 9.33. The van der Waals surface area contributed by atoms with Gasteiger partial charge >= 0.3 is 12.2 Å². The number of benzene rings is 4. The third-order valence-electron chi connectivity index (χ3n) is 12.7. The molecule has 9 rings (SSSR count). The summed E-state index contributed by atoms with van der Waals surface area (Å²) >= 11 is 0. The number of hydrogen-bond donors (Lipinski definition) is 4. The van der Waals surface area contributed by atoms with Crippen LogP contribution in [0, 0.1) is 11.8 Å². The fourth-order valence-corrected chi connectivity index (χ4v) is 9.35. The molecule has 4 amide bonds. The van der Waals surface area contributed by atoms with Gasteiger partial charge in [0.05, 0.1) is 72.2 Å². The van der Waals surface area contributed by atoms with Crippen molar-refractivity contribution >= 4 is 67.6 Å². The van der Waals surface area contributed by atoms with E-state index in [9.17, 15) is 19.2 Å². The average Bonchev–Trinajstić information content (AvgIpc) is 4.16. The summed E-state index contributed by atoms with van der Waals surface area (Å²) < 4.78 is 9.61. The van der Waals surface area contributed by atoms with Crippen molar-refractivity contribution in [1.29, 1.82) is 0 Å². The molecule has 16 nitrogen and oxygen atoms in total. The van der Waals surface area contributed by atoms with Gasteiger partial charge in [0, 0.05) is 35.0 Å². The van der Waals surface area contributed by atoms with Gasteiger partial charge in [-0.15, -0.1) is 0 Å². The summed E-state index contributed by atoms with van der Waals surface area (Å²) in [6, 6.07) is 18.5. The van der Waals surface area contributed by atoms with E-state index in [2.05, 4.69) is 57.0 Å². The summed E-state index contributed by atoms with van der Waals surface area (Å²) in [6.07, 6.45) is 5.46. The maximum Gasteiger partial charge on any atom is 0.407 e. The number of amides is 4. The van der Waals surface area contributed by atoms with Crippen molar-refractivity contribution in [3.05, 3.63) is 84.7 Å². The highest BCUT2D eigenvalue weighted by Crippen LogP contribution is 2.40. The molecule has 4 N–H and O–H groups in total. The van der Waals surface area contributed by atoms with E-state index in [-0.39, 0.29) is 35.7 Å². The Labute approximate surface area is 369 Å². The second-order valence-corrected chi connectivity index (χ2v) is 17.4. The molecule has 330 valence electrons. The van der Waals surface area contributed by atoms with Gasteiger partial charge < -0.3 is 39.9 Å². The first-order valence-corrected chi connectivity index (χ1v) is 21.9. The van der Waals surface area contributed by atoms with E-state index < -0.39 is 24.3 Å². The Bertz CT molecular complexity index is 2750. The average molecular weight is 865 g/mol. The Morgan fingerprint density at radius 3 is 1.44 bits per heavy atom. The van der Waals surface area contributed by atoms with Gasteiger partial charge in [-0.25, -0.2) is 29.5 Å². The Hall–Kier alpha value is -7.10. The molecule has 64 heavy (non-hydrogen) atoms. The van der Waals surface area contributed by atoms with Gasteiger partial charge in [-0.05, 0) is 72.6 Å². The highest BCUT2D eigenvalue weighted by Gasteiger charge is 2.39. The Kier molecular flexibility index (Phi) is 11.4. The lowest BCUT2D eigenvalue weighted by Crippen LogP contribution is -2.51. The van der Waals surface area contributed by atoms with Crippen molar-refractivity contribution in [3.63, 3.8) is 0 Å². The number of nitrogens with zero attached hydrogens (tertiary/aromatic N) is 6. The summed E-state index contributed by atoms with van der Waals surface area (Å²) in [7, 11) is 2.58. The van der Waals surface area contributed by atoms with Crippen molar-refractivity contribution in [1.82, 2.24) is 50.3 Å². The van der Waals surface area contributed by atoms with Gasteiger partial charge in [0.15, 0.2) is 0 Å². The lowest BCUT2D eigenvalue weighted by molar-refractivity contribution is -0.136. The van der Waals surface area contributed by atoms with Crippen molar-refractivity contribution in [2.45, 2.75) is 77.5 Å². The Balaban J connectivity index is 1.06. The van der Waals surface area contributed by atoms with Gasteiger partial charge in [0.1, 0.15) is 23.7 Å². The van der Waals surface area contributed by atoms with E-state index in [0.717, 1.165) is 91.8 Å². The third kappa shape index (κ3) is 7.70. The molecule has 2 aliphatic rings. The van der Waals surface area contributed by atoms with Crippen LogP contribution in [-0.2, 0) is 19.1 Å². The van der Waals surface area contributed by atoms with Crippen LogP contribution in [0.4, 0.5) is 9.59 Å². The largest absolute Gasteiger partial charge is 0.453 e. The number of imidazole rings is 2. The molecule has 5 heterocycles. The quantitative estimate of drug-likeness (QED) is 0.0772. The number of methoxy groups -OCH3 is 2. The van der Waals surface area contributed by atoms with Gasteiger partial charge in [-0.2, -0.15) is 0 Å². The predicted octanol–water partition coefficient (Wildman–Crippen LogP) is 7.96. The van der Waals surface area contributed by atoms with E-state index in [1.807, 2.05) is 74.2 Å². The van der Waals surface area contributed by atoms with Crippen LogP contribution in [0.15, 0.2) is 73.1 Å². The number of carbonyl (C=O) groups excluding carboxylic acids is 4. The first-order chi connectivity index (χ1) is 30.9. The number of nitrogens with one attached hydrogen (secondary N) is 4. The smallest absolute Gasteiger partial charge is 0.407 e. The number of ether oxygens (including phenoxy) is 2. The molecule has 0 aliphatic carbocycles. The molecule has 2 fully saturated rings. The molecule has 7 aromatic rings. The number of carbonyl (C=O) groups is 4. The SMILES string of the molecule is COC(=O)N[C@H](C(=O)N1CCC[C@H]1c1ncc(-c2ccc3c4ccc(-c5cnc([C@@H]6CCCN6C(=O)[C@@H](NC(=O)OC)C(C)C)[nH]5)cc4c4nc5ccccc5nc4c3c2)[nH]1)C(C)C. The molecule has 0 spiro atoms. The summed E-state index contributed by atoms with van der Waals surface area (Å²) in [4.78, 5) is 82.5. The molecule has 0 unspecified atom stereocenters. The summed E-state index contributed by atoms with van der Waals surface area (Å²) in [6.45, 7) is 8.72. The van der Waals surface area contributed by atoms with Crippen LogP contribution in [0.1, 0.15) is 77.1 Å². The van der Waals surface area contributed by atoms with Crippen LogP contribution in [0.3, 0.4) is 0 Å². The molecule has 0 saturated carbocycles. The molecule has 4 atom stereocenters. The number of aromatic nitrogens is 6. The maximum absolute atomic E-state index is 13.8. The number of aromatic amines is 2. The normalized spacial score (nSPS) is 17.5. The van der Waals surface area contributed by atoms with E-state index in [1.165, 1.54) is 14.2 Å². The second kappa shape index (κ2) is 17.2. The first-order valence-electron chi connectivity index (χ1n) is 21.9. The van der Waals surface area contributed by atoms with Crippen LogP contribution in [-0.4, -0.2) is 103 Å². The zero-order chi connectivity index (χ0) is 44.8. The first kappa shape index (κ1) is 42.2. The number of likely N-dealkylation sites (tertiary alicyclic amines) is 2. The van der Waals surface area contributed by atoms with Crippen molar-refractivity contribution < 1.29 is 28.7 Å². The van der Waals surface area contributed by atoms with Crippen LogP contribution in [0.2, 0.25) is 0 Å². The molecular formula is C48H52N10O6. The lowest BCUT2D eigenvalue weighted by atomic mass is 9.95. The third-order valence-corrected chi connectivity index (χ3v) is 12.7. The van der Waals surface area contributed by atoms with Gasteiger partial charge in [-0.3, -0.25) is 9.59 Å². The van der Waals surface area contributed by atoms with E-state index in [0.29, 0.717) is 24.7 Å². The van der Waals surface area contributed by atoms with Crippen LogP contribution in [0.5, 0.6) is 0 Å². The van der Waals surface area contributed by atoms with Crippen molar-refractivity contribution in [2.24, 2.45) is 11.8 Å². The fraction of sp³-hybridized carbons (Fsp3) is 0.375. The van der Waals surface area contributed by atoms with E-state index in [1.54, 1.807) is 0 Å². The summed E-state index contributed by atoms with van der Waals surface area (Å²) in [5.74, 6) is 0.780. The molecule has 2 saturated heterocycles. The topological polar surface area (TPSA) is 200 Å². The van der Waals surface area contributed by atoms with Crippen LogP contribution < -0.4 is 10.6 Å².